The molecule has 0 aliphatic carbocycles. The van der Waals surface area contributed by atoms with E-state index in [1.54, 1.807) is 18.2 Å². The van der Waals surface area contributed by atoms with Gasteiger partial charge in [0.1, 0.15) is 11.1 Å². The summed E-state index contributed by atoms with van der Waals surface area (Å²) in [5, 5.41) is 13.1. The molecule has 0 saturated heterocycles. The van der Waals surface area contributed by atoms with E-state index in [0.717, 1.165) is 16.0 Å². The number of amides is 1. The first-order valence-corrected chi connectivity index (χ1v) is 7.21. The molecule has 102 valence electrons. The van der Waals surface area contributed by atoms with Crippen molar-refractivity contribution in [2.24, 2.45) is 0 Å². The molecule has 1 aromatic carbocycles. The minimum absolute atomic E-state index is 0.260. The first-order chi connectivity index (χ1) is 9.43. The smallest absolute Gasteiger partial charge is 0.256 e. The van der Waals surface area contributed by atoms with Crippen LogP contribution in [0.4, 0.5) is 5.00 Å². The van der Waals surface area contributed by atoms with E-state index in [9.17, 15) is 4.79 Å². The molecule has 5 heteroatoms. The van der Waals surface area contributed by atoms with Gasteiger partial charge in [-0.05, 0) is 44.0 Å². The van der Waals surface area contributed by atoms with Crippen molar-refractivity contribution in [1.82, 2.24) is 0 Å². The lowest BCUT2D eigenvalue weighted by Gasteiger charge is -2.05. The van der Waals surface area contributed by atoms with E-state index >= 15 is 0 Å². The molecule has 0 atom stereocenters. The third-order valence-electron chi connectivity index (χ3n) is 3.16. The number of anilines is 1. The summed E-state index contributed by atoms with van der Waals surface area (Å²) in [6.07, 6.45) is 0. The lowest BCUT2D eigenvalue weighted by Crippen LogP contribution is -2.11. The van der Waals surface area contributed by atoms with Crippen molar-refractivity contribution in [3.63, 3.8) is 0 Å². The molecule has 0 fully saturated rings. The van der Waals surface area contributed by atoms with Crippen molar-refractivity contribution in [2.45, 2.75) is 20.8 Å². The van der Waals surface area contributed by atoms with Crippen molar-refractivity contribution < 1.29 is 4.79 Å². The average Bonchev–Trinajstić information content (AvgIpc) is 2.67. The molecular weight excluding hydrogens is 292 g/mol. The Labute approximate surface area is 126 Å². The quantitative estimate of drug-likeness (QED) is 0.891. The highest BCUT2D eigenvalue weighted by Crippen LogP contribution is 2.32. The normalized spacial score (nSPS) is 10.2. The first-order valence-electron chi connectivity index (χ1n) is 6.01. The zero-order valence-corrected chi connectivity index (χ0v) is 12.9. The Morgan fingerprint density at radius 3 is 2.65 bits per heavy atom. The SMILES string of the molecule is Cc1ccc(C(=O)Nc2sc(C)c(C)c2C#N)cc1Cl. The van der Waals surface area contributed by atoms with Gasteiger partial charge in [-0.3, -0.25) is 4.79 Å². The number of nitrogens with zero attached hydrogens (tertiary/aromatic N) is 1. The monoisotopic (exact) mass is 304 g/mol. The van der Waals surface area contributed by atoms with E-state index in [1.165, 1.54) is 11.3 Å². The number of aryl methyl sites for hydroxylation is 2. The maximum atomic E-state index is 12.2. The van der Waals surface area contributed by atoms with E-state index in [0.29, 0.717) is 21.2 Å². The average molecular weight is 305 g/mol. The maximum absolute atomic E-state index is 12.2. The lowest BCUT2D eigenvalue weighted by atomic mass is 10.1. The third-order valence-corrected chi connectivity index (χ3v) is 4.69. The fraction of sp³-hybridized carbons (Fsp3) is 0.200. The number of hydrogen-bond donors (Lipinski definition) is 1. The van der Waals surface area contributed by atoms with Gasteiger partial charge in [-0.2, -0.15) is 5.26 Å². The minimum atomic E-state index is -0.260. The summed E-state index contributed by atoms with van der Waals surface area (Å²) in [5.74, 6) is -0.260. The second-order valence-electron chi connectivity index (χ2n) is 4.52. The molecule has 0 aliphatic rings. The van der Waals surface area contributed by atoms with Gasteiger partial charge < -0.3 is 5.32 Å². The van der Waals surface area contributed by atoms with Crippen LogP contribution in [-0.4, -0.2) is 5.91 Å². The van der Waals surface area contributed by atoms with E-state index in [-0.39, 0.29) is 5.91 Å². The van der Waals surface area contributed by atoms with Crippen LogP contribution in [0.3, 0.4) is 0 Å². The fourth-order valence-corrected chi connectivity index (χ4v) is 2.95. The van der Waals surface area contributed by atoms with Crippen LogP contribution in [-0.2, 0) is 0 Å². The van der Waals surface area contributed by atoms with Crippen molar-refractivity contribution in [2.75, 3.05) is 5.32 Å². The number of carbonyl (C=O) groups is 1. The molecule has 0 spiro atoms. The number of thiophene rings is 1. The van der Waals surface area contributed by atoms with Crippen LogP contribution in [0.5, 0.6) is 0 Å². The number of carbonyl (C=O) groups excluding carboxylic acids is 1. The first kappa shape index (κ1) is 14.6. The van der Waals surface area contributed by atoms with Crippen molar-refractivity contribution in [1.29, 1.82) is 5.26 Å². The summed E-state index contributed by atoms with van der Waals surface area (Å²) in [7, 11) is 0. The number of halogens is 1. The van der Waals surface area contributed by atoms with Gasteiger partial charge in [0.25, 0.3) is 5.91 Å². The number of hydrogen-bond acceptors (Lipinski definition) is 3. The van der Waals surface area contributed by atoms with Gasteiger partial charge in [-0.1, -0.05) is 17.7 Å². The topological polar surface area (TPSA) is 52.9 Å². The summed E-state index contributed by atoms with van der Waals surface area (Å²) in [6, 6.07) is 7.28. The van der Waals surface area contributed by atoms with Crippen LogP contribution in [0.25, 0.3) is 0 Å². The Balaban J connectivity index is 2.30. The second-order valence-corrected chi connectivity index (χ2v) is 6.15. The van der Waals surface area contributed by atoms with Gasteiger partial charge in [0.2, 0.25) is 0 Å². The Bertz CT molecular complexity index is 728. The molecule has 0 unspecified atom stereocenters. The highest BCUT2D eigenvalue weighted by Gasteiger charge is 2.15. The molecule has 20 heavy (non-hydrogen) atoms. The number of nitrogens with one attached hydrogen (secondary N) is 1. The molecule has 0 bridgehead atoms. The molecule has 2 rings (SSSR count). The summed E-state index contributed by atoms with van der Waals surface area (Å²) in [6.45, 7) is 5.69. The van der Waals surface area contributed by atoms with Crippen LogP contribution in [0, 0.1) is 32.1 Å². The van der Waals surface area contributed by atoms with Gasteiger partial charge in [0, 0.05) is 15.5 Å². The zero-order chi connectivity index (χ0) is 14.9. The molecule has 0 aliphatic heterocycles. The second kappa shape index (κ2) is 5.66. The highest BCUT2D eigenvalue weighted by atomic mass is 35.5. The van der Waals surface area contributed by atoms with Gasteiger partial charge in [0.15, 0.2) is 0 Å². The summed E-state index contributed by atoms with van der Waals surface area (Å²) in [5.41, 5.74) is 2.84. The van der Waals surface area contributed by atoms with Gasteiger partial charge >= 0.3 is 0 Å². The standard InChI is InChI=1S/C15H13ClN2OS/c1-8-4-5-11(6-13(8)16)14(19)18-15-12(7-17)9(2)10(3)20-15/h4-6H,1-3H3,(H,18,19). The van der Waals surface area contributed by atoms with Crippen molar-refractivity contribution >= 4 is 33.8 Å². The maximum Gasteiger partial charge on any atom is 0.256 e. The Kier molecular flexibility index (Phi) is 4.12. The highest BCUT2D eigenvalue weighted by molar-refractivity contribution is 7.16. The molecule has 2 aromatic rings. The molecule has 3 nitrogen and oxygen atoms in total. The largest absolute Gasteiger partial charge is 0.312 e. The third kappa shape index (κ3) is 2.69. The van der Waals surface area contributed by atoms with Crippen LogP contribution in [0.15, 0.2) is 18.2 Å². The Morgan fingerprint density at radius 2 is 2.05 bits per heavy atom. The summed E-state index contributed by atoms with van der Waals surface area (Å²) in [4.78, 5) is 13.2. The molecule has 1 amide bonds. The van der Waals surface area contributed by atoms with Crippen LogP contribution < -0.4 is 5.32 Å². The fourth-order valence-electron chi connectivity index (χ4n) is 1.76. The minimum Gasteiger partial charge on any atom is -0.312 e. The molecule has 0 saturated carbocycles. The van der Waals surface area contributed by atoms with Crippen LogP contribution in [0.1, 0.15) is 31.9 Å². The van der Waals surface area contributed by atoms with Gasteiger partial charge in [-0.25, -0.2) is 0 Å². The Morgan fingerprint density at radius 1 is 1.35 bits per heavy atom. The number of rotatable bonds is 2. The predicted octanol–water partition coefficient (Wildman–Crippen LogP) is 4.45. The number of benzene rings is 1. The van der Waals surface area contributed by atoms with Crippen molar-refractivity contribution in [3.05, 3.63) is 50.4 Å². The van der Waals surface area contributed by atoms with Gasteiger partial charge in [0.05, 0.1) is 5.56 Å². The Hall–Kier alpha value is -1.83. The zero-order valence-electron chi connectivity index (χ0n) is 11.4. The molecule has 1 N–H and O–H groups in total. The van der Waals surface area contributed by atoms with E-state index in [4.69, 9.17) is 16.9 Å². The van der Waals surface area contributed by atoms with Crippen molar-refractivity contribution in [3.8, 4) is 6.07 Å². The predicted molar refractivity (Wildman–Crippen MR) is 82.7 cm³/mol. The summed E-state index contributed by atoms with van der Waals surface area (Å²) >= 11 is 7.43. The van der Waals surface area contributed by atoms with E-state index in [1.807, 2.05) is 20.8 Å². The number of nitriles is 1. The lowest BCUT2D eigenvalue weighted by molar-refractivity contribution is 0.102. The molecule has 1 aromatic heterocycles. The molecule has 0 radical (unpaired) electrons. The van der Waals surface area contributed by atoms with E-state index < -0.39 is 0 Å². The van der Waals surface area contributed by atoms with Crippen LogP contribution in [0.2, 0.25) is 5.02 Å². The van der Waals surface area contributed by atoms with E-state index in [2.05, 4.69) is 11.4 Å². The summed E-state index contributed by atoms with van der Waals surface area (Å²) < 4.78 is 0. The molecule has 1 heterocycles. The van der Waals surface area contributed by atoms with Crippen LogP contribution >= 0.6 is 22.9 Å². The molecular formula is C15H13ClN2OS. The van der Waals surface area contributed by atoms with Gasteiger partial charge in [-0.15, -0.1) is 11.3 Å².